The lowest BCUT2D eigenvalue weighted by Crippen LogP contribution is -2.17. The third-order valence-corrected chi connectivity index (χ3v) is 4.56. The van der Waals surface area contributed by atoms with Crippen LogP contribution in [0, 0.1) is 6.92 Å². The smallest absolute Gasteiger partial charge is 0.331 e. The fourth-order valence-electron chi connectivity index (χ4n) is 3.13. The molecule has 4 rings (SSSR count). The van der Waals surface area contributed by atoms with Gasteiger partial charge in [-0.25, -0.2) is 9.78 Å². The van der Waals surface area contributed by atoms with Crippen molar-refractivity contribution in [1.29, 1.82) is 0 Å². The van der Waals surface area contributed by atoms with Crippen LogP contribution >= 0.6 is 0 Å². The molecule has 0 atom stereocenters. The summed E-state index contributed by atoms with van der Waals surface area (Å²) in [5.41, 5.74) is 2.25. The minimum absolute atomic E-state index is 0.103. The number of carbonyl (C=O) groups is 1. The minimum atomic E-state index is -0.560. The number of aromatic nitrogens is 2. The normalized spacial score (nSPS) is 12.9. The van der Waals surface area contributed by atoms with E-state index in [1.807, 2.05) is 13.0 Å². The van der Waals surface area contributed by atoms with Crippen molar-refractivity contribution in [2.45, 2.75) is 13.5 Å². The number of rotatable bonds is 5. The molecular weight excluding hydrogens is 388 g/mol. The van der Waals surface area contributed by atoms with Crippen LogP contribution in [-0.4, -0.2) is 35.7 Å². The van der Waals surface area contributed by atoms with Crippen molar-refractivity contribution in [3.63, 3.8) is 0 Å². The first-order valence-corrected chi connectivity index (χ1v) is 9.35. The largest absolute Gasteiger partial charge is 0.493 e. The molecule has 30 heavy (non-hydrogen) atoms. The highest BCUT2D eigenvalue weighted by Gasteiger charge is 2.17. The molecule has 0 spiro atoms. The second-order valence-corrected chi connectivity index (χ2v) is 6.66. The molecule has 2 aromatic heterocycles. The second kappa shape index (κ2) is 8.28. The quantitative estimate of drug-likeness (QED) is 0.473. The van der Waals surface area contributed by atoms with Gasteiger partial charge in [0.15, 0.2) is 11.5 Å². The van der Waals surface area contributed by atoms with E-state index >= 15 is 0 Å². The number of fused-ring (bicyclic) bond motifs is 2. The van der Waals surface area contributed by atoms with E-state index in [0.717, 1.165) is 5.56 Å². The predicted molar refractivity (Wildman–Crippen MR) is 109 cm³/mol. The molecule has 154 valence electrons. The van der Waals surface area contributed by atoms with Crippen LogP contribution in [0.25, 0.3) is 11.7 Å². The molecule has 3 heterocycles. The number of esters is 1. The third-order valence-electron chi connectivity index (χ3n) is 4.56. The molecular formula is C22H20N2O6. The molecule has 1 aliphatic rings. The molecule has 0 N–H and O–H groups in total. The first-order valence-electron chi connectivity index (χ1n) is 9.35. The summed E-state index contributed by atoms with van der Waals surface area (Å²) in [7, 11) is 1.54. The van der Waals surface area contributed by atoms with Gasteiger partial charge in [-0.2, -0.15) is 0 Å². The van der Waals surface area contributed by atoms with E-state index in [9.17, 15) is 9.59 Å². The number of pyridine rings is 1. The molecule has 0 fully saturated rings. The van der Waals surface area contributed by atoms with Gasteiger partial charge in [0, 0.05) is 18.3 Å². The molecule has 0 unspecified atom stereocenters. The van der Waals surface area contributed by atoms with E-state index in [2.05, 4.69) is 4.98 Å². The molecule has 1 aliphatic heterocycles. The number of ether oxygens (including phenoxy) is 4. The average Bonchev–Trinajstić information content (AvgIpc) is 2.76. The van der Waals surface area contributed by atoms with Gasteiger partial charge in [0.1, 0.15) is 25.5 Å². The fraction of sp³-hybridized carbons (Fsp3) is 0.227. The van der Waals surface area contributed by atoms with Crippen LogP contribution < -0.4 is 19.8 Å². The summed E-state index contributed by atoms with van der Waals surface area (Å²) >= 11 is 0. The molecule has 8 nitrogen and oxygen atoms in total. The van der Waals surface area contributed by atoms with Crippen LogP contribution in [0.2, 0.25) is 0 Å². The van der Waals surface area contributed by atoms with Gasteiger partial charge >= 0.3 is 5.97 Å². The zero-order valence-corrected chi connectivity index (χ0v) is 16.6. The fourth-order valence-corrected chi connectivity index (χ4v) is 3.13. The first-order chi connectivity index (χ1) is 14.5. The summed E-state index contributed by atoms with van der Waals surface area (Å²) in [5.74, 6) is 1.07. The zero-order valence-electron chi connectivity index (χ0n) is 16.6. The van der Waals surface area contributed by atoms with Crippen molar-refractivity contribution in [2.24, 2.45) is 0 Å². The molecule has 0 aliphatic carbocycles. The summed E-state index contributed by atoms with van der Waals surface area (Å²) in [4.78, 5) is 28.8. The highest BCUT2D eigenvalue weighted by molar-refractivity contribution is 5.87. The van der Waals surface area contributed by atoms with Crippen LogP contribution in [0.15, 0.2) is 47.4 Å². The minimum Gasteiger partial charge on any atom is -0.493 e. The molecule has 0 radical (unpaired) electrons. The van der Waals surface area contributed by atoms with E-state index in [0.29, 0.717) is 47.4 Å². The van der Waals surface area contributed by atoms with Crippen molar-refractivity contribution in [1.82, 2.24) is 9.38 Å². The third kappa shape index (κ3) is 3.98. The number of hydrogen-bond donors (Lipinski definition) is 0. The molecule has 0 saturated heterocycles. The van der Waals surface area contributed by atoms with Crippen molar-refractivity contribution >= 4 is 17.7 Å². The number of methoxy groups -OCH3 is 1. The topological polar surface area (TPSA) is 88.4 Å². The second-order valence-electron chi connectivity index (χ2n) is 6.66. The predicted octanol–water partition coefficient (Wildman–Crippen LogP) is 2.54. The summed E-state index contributed by atoms with van der Waals surface area (Å²) in [6, 6.07) is 8.50. The maximum absolute atomic E-state index is 12.2. The number of hydrogen-bond acceptors (Lipinski definition) is 7. The van der Waals surface area contributed by atoms with Crippen LogP contribution in [0.5, 0.6) is 17.2 Å². The van der Waals surface area contributed by atoms with Crippen molar-refractivity contribution in [2.75, 3.05) is 20.3 Å². The summed E-state index contributed by atoms with van der Waals surface area (Å²) in [6.45, 7) is 2.66. The Kier molecular flexibility index (Phi) is 5.38. The number of carbonyl (C=O) groups excluding carboxylic acids is 1. The Morgan fingerprint density at radius 1 is 1.27 bits per heavy atom. The van der Waals surface area contributed by atoms with Gasteiger partial charge in [-0.1, -0.05) is 6.07 Å². The van der Waals surface area contributed by atoms with Gasteiger partial charge in [0.25, 0.3) is 5.56 Å². The molecule has 1 aromatic carbocycles. The molecule has 8 heteroatoms. The maximum atomic E-state index is 12.2. The highest BCUT2D eigenvalue weighted by atomic mass is 16.6. The van der Waals surface area contributed by atoms with E-state index in [1.165, 1.54) is 23.7 Å². The number of benzene rings is 1. The lowest BCUT2D eigenvalue weighted by atomic mass is 10.1. The summed E-state index contributed by atoms with van der Waals surface area (Å²) in [6.07, 6.45) is 4.54. The van der Waals surface area contributed by atoms with E-state index in [4.69, 9.17) is 18.9 Å². The van der Waals surface area contributed by atoms with E-state index in [1.54, 1.807) is 30.5 Å². The van der Waals surface area contributed by atoms with E-state index < -0.39 is 5.97 Å². The van der Waals surface area contributed by atoms with Crippen LogP contribution in [0.4, 0.5) is 0 Å². The first kappa shape index (κ1) is 19.5. The molecule has 0 bridgehead atoms. The summed E-state index contributed by atoms with van der Waals surface area (Å²) < 4.78 is 23.2. The van der Waals surface area contributed by atoms with Crippen molar-refractivity contribution in [3.8, 4) is 17.2 Å². The Balaban J connectivity index is 1.47. The van der Waals surface area contributed by atoms with Crippen LogP contribution in [0.3, 0.4) is 0 Å². The highest BCUT2D eigenvalue weighted by Crippen LogP contribution is 2.40. The van der Waals surface area contributed by atoms with Gasteiger partial charge in [0.05, 0.1) is 12.8 Å². The van der Waals surface area contributed by atoms with Crippen LogP contribution in [0.1, 0.15) is 16.8 Å². The summed E-state index contributed by atoms with van der Waals surface area (Å²) in [5, 5.41) is 0. The lowest BCUT2D eigenvalue weighted by molar-refractivity contribution is -0.139. The van der Waals surface area contributed by atoms with Gasteiger partial charge in [-0.15, -0.1) is 0 Å². The van der Waals surface area contributed by atoms with Gasteiger partial charge in [0.2, 0.25) is 5.75 Å². The number of nitrogens with zero attached hydrogens (tertiary/aromatic N) is 2. The van der Waals surface area contributed by atoms with Crippen molar-refractivity contribution in [3.05, 3.63) is 69.8 Å². The monoisotopic (exact) mass is 408 g/mol. The Hall–Kier alpha value is -3.81. The number of aryl methyl sites for hydroxylation is 1. The molecule has 3 aromatic rings. The van der Waals surface area contributed by atoms with Crippen LogP contribution in [-0.2, 0) is 16.1 Å². The Morgan fingerprint density at radius 3 is 2.93 bits per heavy atom. The lowest BCUT2D eigenvalue weighted by Gasteiger charge is -2.20. The van der Waals surface area contributed by atoms with Gasteiger partial charge < -0.3 is 18.9 Å². The van der Waals surface area contributed by atoms with Gasteiger partial charge in [-0.05, 0) is 42.3 Å². The Bertz CT molecular complexity index is 1180. The maximum Gasteiger partial charge on any atom is 0.331 e. The average molecular weight is 408 g/mol. The standard InChI is InChI=1S/C22H20N2O6/c1-14-4-3-7-24-19(25)12-16(23-22(14)24)13-30-20(26)6-5-15-10-17(27-2)21-18(11-15)28-8-9-29-21/h3-7,10-12H,8-9,13H2,1-2H3/b6-5+. The van der Waals surface area contributed by atoms with E-state index in [-0.39, 0.29) is 12.2 Å². The zero-order chi connectivity index (χ0) is 21.1. The Morgan fingerprint density at radius 2 is 2.10 bits per heavy atom. The van der Waals surface area contributed by atoms with Gasteiger partial charge in [-0.3, -0.25) is 9.20 Å². The Labute approximate surface area is 172 Å². The van der Waals surface area contributed by atoms with Crippen molar-refractivity contribution < 1.29 is 23.7 Å². The SMILES string of the molecule is COc1cc(/C=C/C(=O)OCc2cc(=O)n3cccc(C)c3n2)cc2c1OCCO2. The molecule has 0 saturated carbocycles. The molecule has 0 amide bonds.